The molecule has 0 atom stereocenters. The number of hydrogen-bond acceptors (Lipinski definition) is 5. The van der Waals surface area contributed by atoms with Gasteiger partial charge in [-0.15, -0.1) is 22.7 Å². The van der Waals surface area contributed by atoms with Crippen LogP contribution in [0.25, 0.3) is 0 Å². The highest BCUT2D eigenvalue weighted by Crippen LogP contribution is 2.29. The van der Waals surface area contributed by atoms with E-state index in [1.165, 1.54) is 20.5 Å². The Labute approximate surface area is 151 Å². The normalized spacial score (nSPS) is 12.1. The number of thiophene rings is 2. The summed E-state index contributed by atoms with van der Waals surface area (Å²) in [7, 11) is -3.52. The first-order chi connectivity index (χ1) is 11.1. The summed E-state index contributed by atoms with van der Waals surface area (Å²) < 4.78 is 33.6. The Morgan fingerprint density at radius 1 is 1.22 bits per heavy atom. The van der Waals surface area contributed by atoms with E-state index >= 15 is 0 Å². The summed E-state index contributed by atoms with van der Waals surface area (Å²) in [6.07, 6.45) is 3.83. The number of halogens is 1. The van der Waals surface area contributed by atoms with Crippen molar-refractivity contribution in [1.82, 2.24) is 4.31 Å². The van der Waals surface area contributed by atoms with E-state index in [0.717, 1.165) is 9.35 Å². The molecule has 0 aromatic carbocycles. The summed E-state index contributed by atoms with van der Waals surface area (Å²) in [6, 6.07) is 9.18. The molecule has 8 heteroatoms. The lowest BCUT2D eigenvalue weighted by Gasteiger charge is -2.20. The number of furan rings is 1. The molecule has 122 valence electrons. The minimum Gasteiger partial charge on any atom is -0.472 e. The van der Waals surface area contributed by atoms with Gasteiger partial charge in [0.2, 0.25) is 0 Å². The molecule has 0 aliphatic carbocycles. The molecule has 3 rings (SSSR count). The van der Waals surface area contributed by atoms with Crippen LogP contribution in [0.1, 0.15) is 10.4 Å². The molecule has 0 spiro atoms. The van der Waals surface area contributed by atoms with Gasteiger partial charge in [-0.05, 0) is 52.0 Å². The molecule has 3 aromatic rings. The van der Waals surface area contributed by atoms with E-state index in [-0.39, 0.29) is 0 Å². The third-order valence-corrected chi connectivity index (χ3v) is 8.14. The van der Waals surface area contributed by atoms with Crippen molar-refractivity contribution in [2.24, 2.45) is 0 Å². The van der Waals surface area contributed by atoms with E-state index in [4.69, 9.17) is 4.42 Å². The summed E-state index contributed by atoms with van der Waals surface area (Å²) in [6.45, 7) is 0.739. The first-order valence-electron chi connectivity index (χ1n) is 6.84. The van der Waals surface area contributed by atoms with E-state index in [0.29, 0.717) is 23.7 Å². The van der Waals surface area contributed by atoms with Gasteiger partial charge in [-0.2, -0.15) is 4.31 Å². The fraction of sp³-hybridized carbons (Fsp3) is 0.200. The molecule has 0 fully saturated rings. The largest absolute Gasteiger partial charge is 0.472 e. The summed E-state index contributed by atoms with van der Waals surface area (Å²) >= 11 is 6.19. The Morgan fingerprint density at radius 3 is 2.70 bits per heavy atom. The van der Waals surface area contributed by atoms with E-state index in [9.17, 15) is 8.42 Å². The summed E-state index contributed by atoms with van der Waals surface area (Å²) in [5.41, 5.74) is 0.843. The fourth-order valence-electron chi connectivity index (χ4n) is 2.12. The average molecular weight is 432 g/mol. The van der Waals surface area contributed by atoms with Gasteiger partial charge in [0, 0.05) is 23.5 Å². The predicted octanol–water partition coefficient (Wildman–Crippen LogP) is 4.60. The van der Waals surface area contributed by atoms with Gasteiger partial charge in [-0.3, -0.25) is 0 Å². The zero-order valence-corrected chi connectivity index (χ0v) is 16.1. The molecule has 0 amide bonds. The average Bonchev–Trinajstić information content (AvgIpc) is 3.25. The molecule has 0 radical (unpaired) electrons. The quantitative estimate of drug-likeness (QED) is 0.549. The Bertz CT molecular complexity index is 839. The van der Waals surface area contributed by atoms with Crippen molar-refractivity contribution in [2.75, 3.05) is 6.54 Å². The van der Waals surface area contributed by atoms with Crippen LogP contribution in [0.4, 0.5) is 0 Å². The molecule has 0 unspecified atom stereocenters. The van der Waals surface area contributed by atoms with Crippen LogP contribution in [0, 0.1) is 0 Å². The van der Waals surface area contributed by atoms with Crippen molar-refractivity contribution in [3.05, 3.63) is 62.5 Å². The third kappa shape index (κ3) is 4.13. The lowest BCUT2D eigenvalue weighted by molar-refractivity contribution is 0.409. The van der Waals surface area contributed by atoms with Gasteiger partial charge < -0.3 is 4.42 Å². The van der Waals surface area contributed by atoms with E-state index in [2.05, 4.69) is 15.9 Å². The zero-order valence-electron chi connectivity index (χ0n) is 12.0. The molecular weight excluding hydrogens is 418 g/mol. The van der Waals surface area contributed by atoms with Crippen LogP contribution in [-0.4, -0.2) is 19.3 Å². The Balaban J connectivity index is 1.84. The molecule has 0 bridgehead atoms. The molecule has 3 heterocycles. The predicted molar refractivity (Wildman–Crippen MR) is 96.3 cm³/mol. The SMILES string of the molecule is O=S(=O)(c1ccc(Br)s1)N(CCc1cccs1)Cc1ccoc1. The molecule has 4 nitrogen and oxygen atoms in total. The highest BCUT2D eigenvalue weighted by Gasteiger charge is 2.26. The van der Waals surface area contributed by atoms with Crippen molar-refractivity contribution >= 4 is 48.6 Å². The Morgan fingerprint density at radius 2 is 2.09 bits per heavy atom. The second-order valence-corrected chi connectivity index (χ2v) is 10.5. The molecule has 3 aromatic heterocycles. The zero-order chi connectivity index (χ0) is 16.3. The highest BCUT2D eigenvalue weighted by molar-refractivity contribution is 9.11. The molecular formula is C15H14BrNO3S3. The maximum absolute atomic E-state index is 12.9. The maximum Gasteiger partial charge on any atom is 0.252 e. The van der Waals surface area contributed by atoms with E-state index in [1.807, 2.05) is 17.5 Å². The fourth-order valence-corrected chi connectivity index (χ4v) is 6.42. The van der Waals surface area contributed by atoms with E-state index < -0.39 is 10.0 Å². The molecule has 0 saturated carbocycles. The van der Waals surface area contributed by atoms with Crippen molar-refractivity contribution in [3.63, 3.8) is 0 Å². The van der Waals surface area contributed by atoms with Crippen molar-refractivity contribution in [2.45, 2.75) is 17.2 Å². The number of rotatable bonds is 7. The molecule has 23 heavy (non-hydrogen) atoms. The highest BCUT2D eigenvalue weighted by atomic mass is 79.9. The van der Waals surface area contributed by atoms with Gasteiger partial charge in [0.05, 0.1) is 16.3 Å². The standard InChI is InChI=1S/C15H14BrNO3S3/c16-14-3-4-15(22-14)23(18,19)17(10-12-6-8-20-11-12)7-5-13-2-1-9-21-13/h1-4,6,8-9,11H,5,7,10H2. The lowest BCUT2D eigenvalue weighted by atomic mass is 10.3. The van der Waals surface area contributed by atoms with Crippen molar-refractivity contribution < 1.29 is 12.8 Å². The van der Waals surface area contributed by atoms with E-state index in [1.54, 1.807) is 42.1 Å². The van der Waals surface area contributed by atoms with Crippen LogP contribution in [0.15, 0.2) is 60.7 Å². The molecule has 0 aliphatic heterocycles. The summed E-state index contributed by atoms with van der Waals surface area (Å²) in [5, 5.41) is 2.00. The van der Waals surface area contributed by atoms with Crippen molar-refractivity contribution in [1.29, 1.82) is 0 Å². The van der Waals surface area contributed by atoms with Gasteiger partial charge in [0.15, 0.2) is 0 Å². The maximum atomic E-state index is 12.9. The van der Waals surface area contributed by atoms with Crippen LogP contribution < -0.4 is 0 Å². The van der Waals surface area contributed by atoms with Gasteiger partial charge >= 0.3 is 0 Å². The summed E-state index contributed by atoms with van der Waals surface area (Å²) in [4.78, 5) is 1.17. The Hall–Kier alpha value is -0.930. The first-order valence-corrected chi connectivity index (χ1v) is 10.8. The molecule has 0 saturated heterocycles. The van der Waals surface area contributed by atoms with Crippen LogP contribution in [0.5, 0.6) is 0 Å². The van der Waals surface area contributed by atoms with Crippen LogP contribution in [0.2, 0.25) is 0 Å². The third-order valence-electron chi connectivity index (χ3n) is 3.27. The molecule has 0 N–H and O–H groups in total. The number of hydrogen-bond donors (Lipinski definition) is 0. The lowest BCUT2D eigenvalue weighted by Crippen LogP contribution is -2.31. The van der Waals surface area contributed by atoms with Gasteiger partial charge in [-0.25, -0.2) is 8.42 Å². The van der Waals surface area contributed by atoms with Crippen LogP contribution >= 0.6 is 38.6 Å². The van der Waals surface area contributed by atoms with Gasteiger partial charge in [0.25, 0.3) is 10.0 Å². The van der Waals surface area contributed by atoms with Crippen molar-refractivity contribution in [3.8, 4) is 0 Å². The summed E-state index contributed by atoms with van der Waals surface area (Å²) in [5.74, 6) is 0. The first kappa shape index (κ1) is 16.9. The number of nitrogens with zero attached hydrogens (tertiary/aromatic N) is 1. The number of sulfonamides is 1. The minimum atomic E-state index is -3.52. The van der Waals surface area contributed by atoms with Crippen LogP contribution in [0.3, 0.4) is 0 Å². The minimum absolute atomic E-state index is 0.305. The monoisotopic (exact) mass is 431 g/mol. The molecule has 0 aliphatic rings. The Kier molecular flexibility index (Phi) is 5.38. The van der Waals surface area contributed by atoms with Gasteiger partial charge in [-0.1, -0.05) is 6.07 Å². The smallest absolute Gasteiger partial charge is 0.252 e. The van der Waals surface area contributed by atoms with Crippen LogP contribution in [-0.2, 0) is 23.0 Å². The topological polar surface area (TPSA) is 50.5 Å². The second-order valence-electron chi connectivity index (χ2n) is 4.86. The second kappa shape index (κ2) is 7.31. The van der Waals surface area contributed by atoms with Gasteiger partial charge in [0.1, 0.15) is 4.21 Å².